The number of benzene rings is 2. The first kappa shape index (κ1) is 19.0. The van der Waals surface area contributed by atoms with Crippen LogP contribution >= 0.6 is 0 Å². The van der Waals surface area contributed by atoms with Crippen LogP contribution in [-0.4, -0.2) is 19.6 Å². The van der Waals surface area contributed by atoms with Crippen LogP contribution in [-0.2, 0) is 11.3 Å². The van der Waals surface area contributed by atoms with Gasteiger partial charge in [-0.25, -0.2) is 0 Å². The highest BCUT2D eigenvalue weighted by atomic mass is 16.5. The van der Waals surface area contributed by atoms with Gasteiger partial charge in [0.05, 0.1) is 13.7 Å². The summed E-state index contributed by atoms with van der Waals surface area (Å²) in [6, 6.07) is 11.4. The summed E-state index contributed by atoms with van der Waals surface area (Å²) >= 11 is 0. The number of carbonyl (C=O) groups excluding carboxylic acids is 1. The van der Waals surface area contributed by atoms with Crippen LogP contribution in [0, 0.1) is 19.8 Å². The van der Waals surface area contributed by atoms with E-state index in [2.05, 4.69) is 19.2 Å². The lowest BCUT2D eigenvalue weighted by Gasteiger charge is -2.13. The Morgan fingerprint density at radius 1 is 1.12 bits per heavy atom. The number of hydrogen-bond donors (Lipinski definition) is 1. The molecule has 2 rings (SSSR count). The highest BCUT2D eigenvalue weighted by molar-refractivity contribution is 6.04. The van der Waals surface area contributed by atoms with Gasteiger partial charge < -0.3 is 14.8 Å². The predicted molar refractivity (Wildman–Crippen MR) is 101 cm³/mol. The Kier molecular flexibility index (Phi) is 6.59. The molecule has 0 atom stereocenters. The number of aryl methyl sites for hydroxylation is 2. The van der Waals surface area contributed by atoms with Crippen LogP contribution in [0.5, 0.6) is 5.75 Å². The fourth-order valence-corrected chi connectivity index (χ4v) is 2.50. The molecule has 0 spiro atoms. The van der Waals surface area contributed by atoms with Crippen molar-refractivity contribution < 1.29 is 14.3 Å². The normalized spacial score (nSPS) is 10.8. The standard InChI is InChI=1S/C21H27NO3/c1-14(2)12-25-13-18-11-17(8-9-20(18)24-5)21(23)22-19-10-15(3)6-7-16(19)4/h6-11,14H,12-13H2,1-5H3,(H,22,23). The Hall–Kier alpha value is -2.33. The molecule has 0 fully saturated rings. The molecule has 0 aromatic heterocycles. The van der Waals surface area contributed by atoms with Gasteiger partial charge in [-0.1, -0.05) is 26.0 Å². The van der Waals surface area contributed by atoms with Crippen LogP contribution in [0.15, 0.2) is 36.4 Å². The summed E-state index contributed by atoms with van der Waals surface area (Å²) in [5, 5.41) is 2.99. The minimum atomic E-state index is -0.138. The zero-order valence-electron chi connectivity index (χ0n) is 15.7. The fourth-order valence-electron chi connectivity index (χ4n) is 2.50. The molecule has 2 aromatic carbocycles. The second-order valence-corrected chi connectivity index (χ2v) is 6.71. The SMILES string of the molecule is COc1ccc(C(=O)Nc2cc(C)ccc2C)cc1COCC(C)C. The van der Waals surface area contributed by atoms with E-state index in [1.807, 2.05) is 44.2 Å². The van der Waals surface area contributed by atoms with Gasteiger partial charge in [-0.15, -0.1) is 0 Å². The molecule has 0 bridgehead atoms. The van der Waals surface area contributed by atoms with Crippen LogP contribution in [0.2, 0.25) is 0 Å². The highest BCUT2D eigenvalue weighted by Crippen LogP contribution is 2.23. The molecule has 1 amide bonds. The Balaban J connectivity index is 2.17. The lowest BCUT2D eigenvalue weighted by Crippen LogP contribution is -2.14. The van der Waals surface area contributed by atoms with Crippen molar-refractivity contribution >= 4 is 11.6 Å². The number of hydrogen-bond acceptors (Lipinski definition) is 3. The van der Waals surface area contributed by atoms with E-state index in [-0.39, 0.29) is 5.91 Å². The van der Waals surface area contributed by atoms with Crippen LogP contribution in [0.1, 0.15) is 40.9 Å². The summed E-state index contributed by atoms with van der Waals surface area (Å²) in [6.45, 7) is 9.28. The minimum absolute atomic E-state index is 0.138. The van der Waals surface area contributed by atoms with E-state index in [9.17, 15) is 4.79 Å². The molecule has 0 saturated heterocycles. The van der Waals surface area contributed by atoms with Crippen LogP contribution in [0.25, 0.3) is 0 Å². The Bertz CT molecular complexity index is 738. The molecule has 0 aliphatic carbocycles. The van der Waals surface area contributed by atoms with Gasteiger partial charge in [-0.05, 0) is 55.2 Å². The third kappa shape index (κ3) is 5.33. The van der Waals surface area contributed by atoms with Gasteiger partial charge in [-0.2, -0.15) is 0 Å². The first-order valence-electron chi connectivity index (χ1n) is 8.54. The van der Waals surface area contributed by atoms with E-state index in [0.29, 0.717) is 24.7 Å². The van der Waals surface area contributed by atoms with Gasteiger partial charge in [0.1, 0.15) is 5.75 Å². The van der Waals surface area contributed by atoms with E-state index in [1.165, 1.54) is 0 Å². The molecule has 0 aliphatic heterocycles. The molecule has 25 heavy (non-hydrogen) atoms. The van der Waals surface area contributed by atoms with Gasteiger partial charge >= 0.3 is 0 Å². The van der Waals surface area contributed by atoms with E-state index in [4.69, 9.17) is 9.47 Å². The molecular weight excluding hydrogens is 314 g/mol. The molecule has 0 radical (unpaired) electrons. The summed E-state index contributed by atoms with van der Waals surface area (Å²) in [5.41, 5.74) is 4.44. The third-order valence-corrected chi connectivity index (χ3v) is 3.89. The molecular formula is C21H27NO3. The number of ether oxygens (including phenoxy) is 2. The zero-order valence-corrected chi connectivity index (χ0v) is 15.7. The largest absolute Gasteiger partial charge is 0.496 e. The zero-order chi connectivity index (χ0) is 18.4. The number of carbonyl (C=O) groups is 1. The molecule has 0 aliphatic rings. The maximum Gasteiger partial charge on any atom is 0.255 e. The van der Waals surface area contributed by atoms with Gasteiger partial charge in [-0.3, -0.25) is 4.79 Å². The summed E-state index contributed by atoms with van der Waals surface area (Å²) in [4.78, 5) is 12.6. The summed E-state index contributed by atoms with van der Waals surface area (Å²) in [6.07, 6.45) is 0. The lowest BCUT2D eigenvalue weighted by atomic mass is 10.1. The van der Waals surface area contributed by atoms with Crippen molar-refractivity contribution in [2.45, 2.75) is 34.3 Å². The number of amides is 1. The predicted octanol–water partition coefficient (Wildman–Crippen LogP) is 4.74. The van der Waals surface area contributed by atoms with Crippen molar-refractivity contribution in [2.24, 2.45) is 5.92 Å². The number of anilines is 1. The van der Waals surface area contributed by atoms with Crippen LogP contribution < -0.4 is 10.1 Å². The average molecular weight is 341 g/mol. The van der Waals surface area contributed by atoms with Gasteiger partial charge in [0.2, 0.25) is 0 Å². The maximum absolute atomic E-state index is 12.6. The van der Waals surface area contributed by atoms with Gasteiger partial charge in [0.25, 0.3) is 5.91 Å². The number of rotatable bonds is 7. The Morgan fingerprint density at radius 3 is 2.56 bits per heavy atom. The summed E-state index contributed by atoms with van der Waals surface area (Å²) in [5.74, 6) is 1.05. The topological polar surface area (TPSA) is 47.6 Å². The molecule has 4 heteroatoms. The van der Waals surface area contributed by atoms with E-state index in [1.54, 1.807) is 13.2 Å². The molecule has 134 valence electrons. The van der Waals surface area contributed by atoms with Crippen molar-refractivity contribution in [3.63, 3.8) is 0 Å². The molecule has 2 aromatic rings. The van der Waals surface area contributed by atoms with Crippen LogP contribution in [0.4, 0.5) is 5.69 Å². The molecule has 0 unspecified atom stereocenters. The highest BCUT2D eigenvalue weighted by Gasteiger charge is 2.12. The second kappa shape index (κ2) is 8.67. The molecule has 4 nitrogen and oxygen atoms in total. The number of methoxy groups -OCH3 is 1. The smallest absolute Gasteiger partial charge is 0.255 e. The van der Waals surface area contributed by atoms with Crippen molar-refractivity contribution in [3.05, 3.63) is 58.7 Å². The van der Waals surface area contributed by atoms with Crippen molar-refractivity contribution in [2.75, 3.05) is 19.0 Å². The van der Waals surface area contributed by atoms with E-state index >= 15 is 0 Å². The first-order valence-corrected chi connectivity index (χ1v) is 8.54. The van der Waals surface area contributed by atoms with E-state index in [0.717, 1.165) is 28.1 Å². The fraction of sp³-hybridized carbons (Fsp3) is 0.381. The van der Waals surface area contributed by atoms with Gasteiger partial charge in [0.15, 0.2) is 0 Å². The van der Waals surface area contributed by atoms with Crippen molar-refractivity contribution in [3.8, 4) is 5.75 Å². The minimum Gasteiger partial charge on any atom is -0.496 e. The Labute approximate surface area is 150 Å². The van der Waals surface area contributed by atoms with Crippen molar-refractivity contribution in [1.82, 2.24) is 0 Å². The van der Waals surface area contributed by atoms with Crippen molar-refractivity contribution in [1.29, 1.82) is 0 Å². The first-order chi connectivity index (χ1) is 11.9. The summed E-state index contributed by atoms with van der Waals surface area (Å²) < 4.78 is 11.1. The Morgan fingerprint density at radius 2 is 1.88 bits per heavy atom. The van der Waals surface area contributed by atoms with Crippen LogP contribution in [0.3, 0.4) is 0 Å². The van der Waals surface area contributed by atoms with Gasteiger partial charge in [0, 0.05) is 23.4 Å². The molecule has 1 N–H and O–H groups in total. The summed E-state index contributed by atoms with van der Waals surface area (Å²) in [7, 11) is 1.62. The molecule has 0 saturated carbocycles. The second-order valence-electron chi connectivity index (χ2n) is 6.71. The maximum atomic E-state index is 12.6. The molecule has 0 heterocycles. The average Bonchev–Trinajstić information content (AvgIpc) is 2.57. The monoisotopic (exact) mass is 341 g/mol. The quantitative estimate of drug-likeness (QED) is 0.791. The lowest BCUT2D eigenvalue weighted by molar-refractivity contribution is 0.0952. The van der Waals surface area contributed by atoms with E-state index < -0.39 is 0 Å². The number of nitrogens with one attached hydrogen (secondary N) is 1. The third-order valence-electron chi connectivity index (χ3n) is 3.89.